The van der Waals surface area contributed by atoms with Crippen molar-refractivity contribution in [3.63, 3.8) is 0 Å². The van der Waals surface area contributed by atoms with Crippen LogP contribution in [0.1, 0.15) is 50.1 Å². The van der Waals surface area contributed by atoms with Gasteiger partial charge in [0.15, 0.2) is 11.6 Å². The lowest BCUT2D eigenvalue weighted by Gasteiger charge is -2.26. The first-order valence-corrected chi connectivity index (χ1v) is 13.6. The van der Waals surface area contributed by atoms with Crippen LogP contribution in [0.2, 0.25) is 0 Å². The predicted molar refractivity (Wildman–Crippen MR) is 148 cm³/mol. The number of carbonyl (C=O) groups excluding carboxylic acids is 3. The zero-order chi connectivity index (χ0) is 28.3. The Morgan fingerprint density at radius 2 is 1.95 bits per heavy atom. The van der Waals surface area contributed by atoms with Gasteiger partial charge < -0.3 is 20.3 Å². The first-order valence-electron chi connectivity index (χ1n) is 12.8. The highest BCUT2D eigenvalue weighted by atomic mass is 35.5. The Hall–Kier alpha value is -3.24. The van der Waals surface area contributed by atoms with E-state index in [4.69, 9.17) is 33.3 Å². The average Bonchev–Trinajstić information content (AvgIpc) is 3.29. The fraction of sp³-hybridized carbons (Fsp3) is 0.481. The predicted octanol–water partition coefficient (Wildman–Crippen LogP) is 3.42. The Morgan fingerprint density at radius 3 is 2.59 bits per heavy atom. The second-order valence-electron chi connectivity index (χ2n) is 10.0. The summed E-state index contributed by atoms with van der Waals surface area (Å²) in [5.74, 6) is 0.0537. The van der Waals surface area contributed by atoms with Crippen LogP contribution >= 0.6 is 23.2 Å². The third kappa shape index (κ3) is 6.86. The highest BCUT2D eigenvalue weighted by molar-refractivity contribution is 6.51. The molecule has 12 heteroatoms. The van der Waals surface area contributed by atoms with Crippen LogP contribution in [0.25, 0.3) is 0 Å². The van der Waals surface area contributed by atoms with Gasteiger partial charge in [-0.3, -0.25) is 19.8 Å². The fourth-order valence-electron chi connectivity index (χ4n) is 4.74. The Kier molecular flexibility index (Phi) is 8.76. The molecular weight excluding hydrogens is 543 g/mol. The molecule has 1 saturated carbocycles. The van der Waals surface area contributed by atoms with Crippen molar-refractivity contribution >= 4 is 52.2 Å². The molecule has 2 aromatic rings. The van der Waals surface area contributed by atoms with E-state index >= 15 is 0 Å². The van der Waals surface area contributed by atoms with Crippen LogP contribution in [0, 0.1) is 18.3 Å². The monoisotopic (exact) mass is 574 g/mol. The number of ether oxygens (including phenoxy) is 1. The lowest BCUT2D eigenvalue weighted by atomic mass is 10.0. The molecule has 2 amide bonds. The lowest BCUT2D eigenvalue weighted by Crippen LogP contribution is -2.50. The van der Waals surface area contributed by atoms with Crippen LogP contribution in [0.5, 0.6) is 5.75 Å². The minimum absolute atomic E-state index is 0.0116. The number of nitrogens with one attached hydrogen (secondary N) is 3. The molecule has 4 rings (SSSR count). The summed E-state index contributed by atoms with van der Waals surface area (Å²) in [6.45, 7) is 5.48. The van der Waals surface area contributed by atoms with E-state index in [-0.39, 0.29) is 42.6 Å². The summed E-state index contributed by atoms with van der Waals surface area (Å²) < 4.78 is 5.06. The third-order valence-electron chi connectivity index (χ3n) is 7.07. The maximum absolute atomic E-state index is 13.2. The molecule has 0 spiro atoms. The van der Waals surface area contributed by atoms with Crippen LogP contribution < -0.4 is 15.4 Å². The van der Waals surface area contributed by atoms with Crippen LogP contribution in [-0.4, -0.2) is 67.7 Å². The molecule has 2 fully saturated rings. The van der Waals surface area contributed by atoms with Crippen molar-refractivity contribution in [1.82, 2.24) is 20.2 Å². The topological polar surface area (TPSA) is 137 Å². The zero-order valence-electron chi connectivity index (χ0n) is 22.1. The van der Waals surface area contributed by atoms with Crippen LogP contribution in [0.15, 0.2) is 30.6 Å². The number of aryl methyl sites for hydroxylation is 1. The van der Waals surface area contributed by atoms with Gasteiger partial charge in [-0.05, 0) is 56.9 Å². The van der Waals surface area contributed by atoms with Gasteiger partial charge in [-0.15, -0.1) is 23.2 Å². The van der Waals surface area contributed by atoms with Crippen molar-refractivity contribution in [2.24, 2.45) is 5.92 Å². The number of hydrogen-bond acceptors (Lipinski definition) is 8. The first-order chi connectivity index (χ1) is 18.5. The number of rotatable bonds is 11. The third-order valence-corrected chi connectivity index (χ3v) is 7.94. The van der Waals surface area contributed by atoms with E-state index in [1.807, 2.05) is 13.8 Å². The number of nitrogens with zero attached hydrogens (tertiary/aromatic N) is 3. The summed E-state index contributed by atoms with van der Waals surface area (Å²) in [5, 5.41) is 14.4. The fourth-order valence-corrected chi connectivity index (χ4v) is 5.45. The van der Waals surface area contributed by atoms with Crippen molar-refractivity contribution < 1.29 is 19.1 Å². The summed E-state index contributed by atoms with van der Waals surface area (Å²) >= 11 is 12.3. The molecule has 208 valence electrons. The number of Topliss-reactive ketones (excluding diaryl/α,β-unsaturated/α-hetero) is 1. The summed E-state index contributed by atoms with van der Waals surface area (Å²) in [6, 6.07) is 4.28. The maximum atomic E-state index is 13.2. The standard InChI is InChI=1S/C27H32Cl2N6O4/c1-15-10-20(18(25(30)17(3)36)11-22(15)39-14-23-31-7-5-8-32-23)33-13-24(37)35-9-4-6-21(35)26(38)34-16(2)19-12-27(19,28)29/h5,7-8,10-11,16,19,21,30,33H,4,6,9,12-14H2,1-3H3,(H,34,38). The number of hydrogen-bond donors (Lipinski definition) is 3. The van der Waals surface area contributed by atoms with E-state index in [1.54, 1.807) is 35.5 Å². The number of halogens is 2. The van der Waals surface area contributed by atoms with Gasteiger partial charge in [-0.1, -0.05) is 0 Å². The lowest BCUT2D eigenvalue weighted by molar-refractivity contribution is -0.137. The van der Waals surface area contributed by atoms with Crippen molar-refractivity contribution in [3.05, 3.63) is 47.5 Å². The molecule has 1 aromatic carbocycles. The molecule has 2 aliphatic rings. The Bertz CT molecular complexity index is 1270. The highest BCUT2D eigenvalue weighted by Crippen LogP contribution is 2.54. The summed E-state index contributed by atoms with van der Waals surface area (Å²) in [6.07, 6.45) is 5.14. The zero-order valence-corrected chi connectivity index (χ0v) is 23.6. The van der Waals surface area contributed by atoms with Gasteiger partial charge >= 0.3 is 0 Å². The molecule has 3 atom stereocenters. The minimum Gasteiger partial charge on any atom is -0.485 e. The minimum atomic E-state index is -0.804. The summed E-state index contributed by atoms with van der Waals surface area (Å²) in [7, 11) is 0. The van der Waals surface area contributed by atoms with Crippen LogP contribution in [0.4, 0.5) is 5.69 Å². The van der Waals surface area contributed by atoms with Gasteiger partial charge in [-0.2, -0.15) is 0 Å². The molecule has 1 aromatic heterocycles. The van der Waals surface area contributed by atoms with E-state index in [2.05, 4.69) is 20.6 Å². The number of anilines is 1. The molecular formula is C27H32Cl2N6O4. The molecule has 3 N–H and O–H groups in total. The number of carbonyl (C=O) groups is 3. The molecule has 0 bridgehead atoms. The largest absolute Gasteiger partial charge is 0.485 e. The summed E-state index contributed by atoms with van der Waals surface area (Å²) in [5.41, 5.74) is 1.29. The quantitative estimate of drug-likeness (QED) is 0.276. The van der Waals surface area contributed by atoms with Gasteiger partial charge in [0.05, 0.1) is 6.54 Å². The van der Waals surface area contributed by atoms with Gasteiger partial charge in [0.2, 0.25) is 11.8 Å². The Labute approximate surface area is 237 Å². The van der Waals surface area contributed by atoms with Crippen LogP contribution in [0.3, 0.4) is 0 Å². The normalized spacial score (nSPS) is 20.2. The van der Waals surface area contributed by atoms with Gasteiger partial charge in [-0.25, -0.2) is 9.97 Å². The molecule has 1 saturated heterocycles. The Balaban J connectivity index is 1.43. The van der Waals surface area contributed by atoms with Gasteiger partial charge in [0.1, 0.15) is 28.4 Å². The van der Waals surface area contributed by atoms with E-state index in [9.17, 15) is 14.4 Å². The number of alkyl halides is 2. The number of ketones is 1. The highest BCUT2D eigenvalue weighted by Gasteiger charge is 2.55. The van der Waals surface area contributed by atoms with Crippen LogP contribution in [-0.2, 0) is 21.0 Å². The Morgan fingerprint density at radius 1 is 1.26 bits per heavy atom. The maximum Gasteiger partial charge on any atom is 0.243 e. The number of likely N-dealkylation sites (tertiary alicyclic amines) is 1. The first kappa shape index (κ1) is 28.8. The van der Waals surface area contributed by atoms with Crippen molar-refractivity contribution in [1.29, 1.82) is 5.41 Å². The molecule has 10 nitrogen and oxygen atoms in total. The van der Waals surface area contributed by atoms with Crippen molar-refractivity contribution in [2.75, 3.05) is 18.4 Å². The molecule has 39 heavy (non-hydrogen) atoms. The number of aromatic nitrogens is 2. The van der Waals surface area contributed by atoms with Crippen molar-refractivity contribution in [3.8, 4) is 5.75 Å². The molecule has 0 radical (unpaired) electrons. The van der Waals surface area contributed by atoms with E-state index in [0.717, 1.165) is 5.56 Å². The molecule has 3 unspecified atom stereocenters. The van der Waals surface area contributed by atoms with Gasteiger partial charge in [0.25, 0.3) is 0 Å². The second kappa shape index (κ2) is 11.9. The SMILES string of the molecule is CC(=O)C(=N)c1cc(OCc2ncccn2)c(C)cc1NCC(=O)N1CCCC1C(=O)NC(C)C1CC1(Cl)Cl. The molecule has 1 aliphatic heterocycles. The molecule has 1 aliphatic carbocycles. The average molecular weight is 575 g/mol. The second-order valence-corrected chi connectivity index (χ2v) is 11.6. The van der Waals surface area contributed by atoms with E-state index in [1.165, 1.54) is 6.92 Å². The van der Waals surface area contributed by atoms with Gasteiger partial charge in [0, 0.05) is 49.1 Å². The smallest absolute Gasteiger partial charge is 0.243 e. The van der Waals surface area contributed by atoms with E-state index in [0.29, 0.717) is 48.6 Å². The number of benzene rings is 1. The summed E-state index contributed by atoms with van der Waals surface area (Å²) in [4.78, 5) is 48.0. The molecule has 2 heterocycles. The van der Waals surface area contributed by atoms with E-state index < -0.39 is 16.2 Å². The number of amides is 2. The van der Waals surface area contributed by atoms with Crippen molar-refractivity contribution in [2.45, 2.75) is 63.1 Å².